The highest BCUT2D eigenvalue weighted by atomic mass is 31.1. The largest absolute Gasteiger partial charge is 0.735 e. The molecule has 1 atom stereocenters. The van der Waals surface area contributed by atoms with Gasteiger partial charge in [0.25, 0.3) is 0 Å². The SMILES string of the molecule is CCCNO[P+](=O)ONCCNCCN. The third kappa shape index (κ3) is 11.8. The molecule has 0 radical (unpaired) electrons. The fourth-order valence-electron chi connectivity index (χ4n) is 0.684. The summed E-state index contributed by atoms with van der Waals surface area (Å²) in [6.07, 6.45) is 0.902. The van der Waals surface area contributed by atoms with E-state index in [2.05, 4.69) is 25.5 Å². The first-order valence-corrected chi connectivity index (χ1v) is 6.08. The molecule has 7 nitrogen and oxygen atoms in total. The summed E-state index contributed by atoms with van der Waals surface area (Å²) in [6, 6.07) is 0. The Balaban J connectivity index is 3.10. The van der Waals surface area contributed by atoms with E-state index in [1.165, 1.54) is 0 Å². The molecular formula is C7H20N4O3P+. The Hall–Kier alpha value is -0.140. The van der Waals surface area contributed by atoms with Crippen LogP contribution in [0.3, 0.4) is 0 Å². The van der Waals surface area contributed by atoms with Crippen LogP contribution in [0.25, 0.3) is 0 Å². The zero-order valence-corrected chi connectivity index (χ0v) is 9.89. The molecule has 0 aromatic rings. The Bertz CT molecular complexity index is 161. The summed E-state index contributed by atoms with van der Waals surface area (Å²) >= 11 is 0. The Morgan fingerprint density at radius 1 is 1.13 bits per heavy atom. The van der Waals surface area contributed by atoms with Gasteiger partial charge in [0.15, 0.2) is 0 Å². The minimum atomic E-state index is -2.14. The van der Waals surface area contributed by atoms with E-state index in [0.717, 1.165) is 13.0 Å². The van der Waals surface area contributed by atoms with Gasteiger partial charge in [0.05, 0.1) is 0 Å². The van der Waals surface area contributed by atoms with Gasteiger partial charge in [0.2, 0.25) is 0 Å². The van der Waals surface area contributed by atoms with Gasteiger partial charge in [-0.3, -0.25) is 0 Å². The van der Waals surface area contributed by atoms with Crippen molar-refractivity contribution in [3.8, 4) is 0 Å². The molecule has 0 saturated carbocycles. The minimum Gasteiger partial charge on any atom is -0.329 e. The van der Waals surface area contributed by atoms with Crippen molar-refractivity contribution in [3.05, 3.63) is 0 Å². The normalized spacial score (nSPS) is 11.7. The van der Waals surface area contributed by atoms with Crippen molar-refractivity contribution in [2.24, 2.45) is 5.73 Å². The van der Waals surface area contributed by atoms with Gasteiger partial charge in [-0.05, 0) is 15.7 Å². The van der Waals surface area contributed by atoms with Crippen LogP contribution in [-0.2, 0) is 13.8 Å². The van der Waals surface area contributed by atoms with Crippen LogP contribution in [0, 0.1) is 0 Å². The fourth-order valence-corrected chi connectivity index (χ4v) is 1.11. The lowest BCUT2D eigenvalue weighted by molar-refractivity contribution is 0.118. The van der Waals surface area contributed by atoms with Crippen molar-refractivity contribution in [1.29, 1.82) is 0 Å². The highest BCUT2D eigenvalue weighted by molar-refractivity contribution is 7.33. The lowest BCUT2D eigenvalue weighted by Gasteiger charge is -1.99. The number of nitrogens with one attached hydrogen (secondary N) is 3. The van der Waals surface area contributed by atoms with Crippen LogP contribution in [0.2, 0.25) is 0 Å². The quantitative estimate of drug-likeness (QED) is 0.222. The number of hydrogen-bond donors (Lipinski definition) is 4. The summed E-state index contributed by atoms with van der Waals surface area (Å²) < 4.78 is 20.3. The molecule has 90 valence electrons. The van der Waals surface area contributed by atoms with Crippen molar-refractivity contribution in [2.75, 3.05) is 32.7 Å². The molecule has 0 bridgehead atoms. The maximum absolute atomic E-state index is 10.9. The third-order valence-electron chi connectivity index (χ3n) is 1.36. The molecular weight excluding hydrogens is 219 g/mol. The Labute approximate surface area is 90.9 Å². The number of rotatable bonds is 11. The summed E-state index contributed by atoms with van der Waals surface area (Å²) in [5, 5.41) is 3.04. The van der Waals surface area contributed by atoms with Gasteiger partial charge in [-0.1, -0.05) is 6.92 Å². The number of hydroxylamine groups is 2. The first-order valence-electron chi connectivity index (χ1n) is 4.99. The first-order chi connectivity index (χ1) is 7.31. The average Bonchev–Trinajstić information content (AvgIpc) is 2.23. The van der Waals surface area contributed by atoms with Gasteiger partial charge < -0.3 is 11.1 Å². The second-order valence-corrected chi connectivity index (χ2v) is 3.55. The van der Waals surface area contributed by atoms with Crippen LogP contribution in [0.15, 0.2) is 0 Å². The van der Waals surface area contributed by atoms with Crippen LogP contribution in [0.4, 0.5) is 0 Å². The number of hydrogen-bond acceptors (Lipinski definition) is 7. The molecule has 0 aliphatic carbocycles. The molecule has 0 aromatic carbocycles. The molecule has 0 spiro atoms. The summed E-state index contributed by atoms with van der Waals surface area (Å²) in [7, 11) is -2.14. The smallest absolute Gasteiger partial charge is 0.329 e. The Morgan fingerprint density at radius 2 is 1.80 bits per heavy atom. The van der Waals surface area contributed by atoms with Crippen molar-refractivity contribution < 1.29 is 13.8 Å². The van der Waals surface area contributed by atoms with E-state index >= 15 is 0 Å². The molecule has 0 aliphatic rings. The Kier molecular flexibility index (Phi) is 11.8. The molecule has 0 heterocycles. The minimum absolute atomic E-state index is 0.540. The van der Waals surface area contributed by atoms with Gasteiger partial charge >= 0.3 is 8.25 Å². The summed E-state index contributed by atoms with van der Waals surface area (Å²) in [6.45, 7) is 5.21. The molecule has 0 rings (SSSR count). The maximum atomic E-state index is 10.9. The maximum Gasteiger partial charge on any atom is 0.735 e. The average molecular weight is 239 g/mol. The second-order valence-electron chi connectivity index (χ2n) is 2.73. The topological polar surface area (TPSA) is 97.6 Å². The fraction of sp³-hybridized carbons (Fsp3) is 1.00. The zero-order chi connectivity index (χ0) is 11.4. The highest BCUT2D eigenvalue weighted by Gasteiger charge is 2.20. The van der Waals surface area contributed by atoms with Crippen molar-refractivity contribution in [2.45, 2.75) is 13.3 Å². The molecule has 5 N–H and O–H groups in total. The molecule has 0 aliphatic heterocycles. The molecule has 0 amide bonds. The van der Waals surface area contributed by atoms with Gasteiger partial charge in [0, 0.05) is 37.3 Å². The van der Waals surface area contributed by atoms with Crippen LogP contribution in [0.5, 0.6) is 0 Å². The van der Waals surface area contributed by atoms with Gasteiger partial charge in [-0.2, -0.15) is 0 Å². The number of nitrogens with two attached hydrogens (primary N) is 1. The standard InChI is InChI=1S/C7H20N4O3P/c1-2-4-10-13-15(12)14-11-7-6-9-5-3-8/h9-11H,2-8H2,1H3/q+1. The summed E-state index contributed by atoms with van der Waals surface area (Å²) in [5.41, 5.74) is 10.3. The van der Waals surface area contributed by atoms with Crippen molar-refractivity contribution >= 4 is 8.25 Å². The zero-order valence-electron chi connectivity index (χ0n) is 8.99. The summed E-state index contributed by atoms with van der Waals surface area (Å²) in [4.78, 5) is 0. The van der Waals surface area contributed by atoms with E-state index in [1.54, 1.807) is 0 Å². The van der Waals surface area contributed by atoms with E-state index in [0.29, 0.717) is 26.2 Å². The monoisotopic (exact) mass is 239 g/mol. The third-order valence-corrected chi connectivity index (χ3v) is 1.91. The van der Waals surface area contributed by atoms with E-state index < -0.39 is 8.25 Å². The molecule has 8 heteroatoms. The van der Waals surface area contributed by atoms with E-state index in [-0.39, 0.29) is 0 Å². The molecule has 0 saturated heterocycles. The molecule has 15 heavy (non-hydrogen) atoms. The predicted molar refractivity (Wildman–Crippen MR) is 58.0 cm³/mol. The van der Waals surface area contributed by atoms with Gasteiger partial charge in [-0.15, -0.1) is 11.0 Å². The lowest BCUT2D eigenvalue weighted by Crippen LogP contribution is -2.30. The highest BCUT2D eigenvalue weighted by Crippen LogP contribution is 2.18. The summed E-state index contributed by atoms with van der Waals surface area (Å²) in [5.74, 6) is 0. The van der Waals surface area contributed by atoms with Crippen LogP contribution in [0.1, 0.15) is 13.3 Å². The molecule has 0 fully saturated rings. The second kappa shape index (κ2) is 11.9. The van der Waals surface area contributed by atoms with Crippen molar-refractivity contribution in [1.82, 2.24) is 16.3 Å². The van der Waals surface area contributed by atoms with E-state index in [4.69, 9.17) is 5.73 Å². The van der Waals surface area contributed by atoms with Gasteiger partial charge in [0.1, 0.15) is 0 Å². The lowest BCUT2D eigenvalue weighted by atomic mass is 10.5. The molecule has 1 unspecified atom stereocenters. The van der Waals surface area contributed by atoms with Crippen LogP contribution >= 0.6 is 8.25 Å². The van der Waals surface area contributed by atoms with Crippen molar-refractivity contribution in [3.63, 3.8) is 0 Å². The predicted octanol–water partition coefficient (Wildman–Crippen LogP) is -0.355. The van der Waals surface area contributed by atoms with Gasteiger partial charge in [-0.25, -0.2) is 0 Å². The van der Waals surface area contributed by atoms with E-state index in [1.807, 2.05) is 6.92 Å². The molecule has 0 aromatic heterocycles. The first kappa shape index (κ1) is 14.9. The van der Waals surface area contributed by atoms with Crippen LogP contribution in [-0.4, -0.2) is 32.7 Å². The van der Waals surface area contributed by atoms with Crippen LogP contribution < -0.4 is 22.0 Å². The Morgan fingerprint density at radius 3 is 2.40 bits per heavy atom. The van der Waals surface area contributed by atoms with E-state index in [9.17, 15) is 4.57 Å².